The molecule has 4 nitrogen and oxygen atoms in total. The number of aromatic nitrogens is 1. The van der Waals surface area contributed by atoms with E-state index in [0.717, 1.165) is 25.7 Å². The first-order valence-corrected chi connectivity index (χ1v) is 6.03. The first-order chi connectivity index (χ1) is 8.24. The molecule has 0 radical (unpaired) electrons. The lowest BCUT2D eigenvalue weighted by atomic mass is 9.95. The molecule has 0 amide bonds. The Balaban J connectivity index is 2.34. The van der Waals surface area contributed by atoms with Gasteiger partial charge in [0.05, 0.1) is 7.11 Å². The van der Waals surface area contributed by atoms with Crippen LogP contribution in [0.25, 0.3) is 0 Å². The molecular formula is C13H17NO3. The summed E-state index contributed by atoms with van der Waals surface area (Å²) in [6.45, 7) is 0. The number of carbonyl (C=O) groups is 1. The highest BCUT2D eigenvalue weighted by molar-refractivity contribution is 5.88. The topological polar surface area (TPSA) is 48.3 Å². The summed E-state index contributed by atoms with van der Waals surface area (Å²) in [5, 5.41) is 0. The van der Waals surface area contributed by atoms with Crippen molar-refractivity contribution in [2.24, 2.45) is 0 Å². The molecule has 17 heavy (non-hydrogen) atoms. The van der Waals surface area contributed by atoms with Gasteiger partial charge in [0.15, 0.2) is 0 Å². The van der Waals surface area contributed by atoms with Gasteiger partial charge >= 0.3 is 5.97 Å². The van der Waals surface area contributed by atoms with Gasteiger partial charge < -0.3 is 9.30 Å². The van der Waals surface area contributed by atoms with Crippen molar-refractivity contribution in [1.29, 1.82) is 0 Å². The first-order valence-electron chi connectivity index (χ1n) is 6.03. The van der Waals surface area contributed by atoms with Crippen LogP contribution in [-0.4, -0.2) is 17.6 Å². The summed E-state index contributed by atoms with van der Waals surface area (Å²) in [4.78, 5) is 23.6. The van der Waals surface area contributed by atoms with Crippen molar-refractivity contribution in [3.05, 3.63) is 34.2 Å². The lowest BCUT2D eigenvalue weighted by Crippen LogP contribution is -2.30. The Morgan fingerprint density at radius 2 is 2.06 bits per heavy atom. The van der Waals surface area contributed by atoms with Gasteiger partial charge in [0.1, 0.15) is 5.56 Å². The van der Waals surface area contributed by atoms with Crippen LogP contribution >= 0.6 is 0 Å². The molecule has 1 aliphatic rings. The van der Waals surface area contributed by atoms with Crippen LogP contribution in [0.5, 0.6) is 0 Å². The normalized spacial score (nSPS) is 16.8. The molecule has 1 aromatic heterocycles. The second kappa shape index (κ2) is 5.17. The standard InChI is InChI=1S/C13H17NO3/c1-17-13(16)11-8-5-9-14(12(11)15)10-6-3-2-4-7-10/h5,8-10H,2-4,6-7H2,1H3. The van der Waals surface area contributed by atoms with Crippen molar-refractivity contribution in [1.82, 2.24) is 4.57 Å². The van der Waals surface area contributed by atoms with E-state index in [4.69, 9.17) is 0 Å². The van der Waals surface area contributed by atoms with Crippen molar-refractivity contribution in [2.75, 3.05) is 7.11 Å². The number of hydrogen-bond acceptors (Lipinski definition) is 3. The molecule has 0 saturated heterocycles. The molecule has 0 bridgehead atoms. The van der Waals surface area contributed by atoms with Gasteiger partial charge in [-0.1, -0.05) is 19.3 Å². The summed E-state index contributed by atoms with van der Waals surface area (Å²) in [6, 6.07) is 3.50. The predicted octanol–water partition coefficient (Wildman–Crippen LogP) is 2.14. The number of methoxy groups -OCH3 is 1. The van der Waals surface area contributed by atoms with E-state index >= 15 is 0 Å². The number of rotatable bonds is 2. The van der Waals surface area contributed by atoms with Gasteiger partial charge in [-0.3, -0.25) is 4.79 Å². The summed E-state index contributed by atoms with van der Waals surface area (Å²) in [5.74, 6) is -0.555. The molecule has 1 heterocycles. The highest BCUT2D eigenvalue weighted by Gasteiger charge is 2.19. The van der Waals surface area contributed by atoms with Crippen molar-refractivity contribution in [3.63, 3.8) is 0 Å². The second-order valence-electron chi connectivity index (χ2n) is 4.42. The molecule has 0 N–H and O–H groups in total. The fourth-order valence-corrected chi connectivity index (χ4v) is 2.42. The van der Waals surface area contributed by atoms with E-state index in [1.165, 1.54) is 19.6 Å². The molecule has 1 aromatic rings. The van der Waals surface area contributed by atoms with E-state index in [2.05, 4.69) is 4.74 Å². The molecule has 92 valence electrons. The highest BCUT2D eigenvalue weighted by atomic mass is 16.5. The predicted molar refractivity (Wildman–Crippen MR) is 64.2 cm³/mol. The van der Waals surface area contributed by atoms with Crippen LogP contribution in [0.3, 0.4) is 0 Å². The van der Waals surface area contributed by atoms with Crippen LogP contribution in [0.2, 0.25) is 0 Å². The van der Waals surface area contributed by atoms with Crippen LogP contribution in [0.1, 0.15) is 48.5 Å². The summed E-state index contributed by atoms with van der Waals surface area (Å²) >= 11 is 0. The van der Waals surface area contributed by atoms with Gasteiger partial charge in [0.25, 0.3) is 5.56 Å². The van der Waals surface area contributed by atoms with Crippen LogP contribution in [0, 0.1) is 0 Å². The van der Waals surface area contributed by atoms with Gasteiger partial charge in [-0.15, -0.1) is 0 Å². The third kappa shape index (κ3) is 2.40. The number of pyridine rings is 1. The van der Waals surface area contributed by atoms with E-state index < -0.39 is 5.97 Å². The third-order valence-electron chi connectivity index (χ3n) is 3.35. The minimum absolute atomic E-state index is 0.126. The zero-order valence-electron chi connectivity index (χ0n) is 10.0. The highest BCUT2D eigenvalue weighted by Crippen LogP contribution is 2.26. The average Bonchev–Trinajstić information content (AvgIpc) is 2.39. The Bertz CT molecular complexity index is 458. The minimum atomic E-state index is -0.555. The van der Waals surface area contributed by atoms with Crippen LogP contribution < -0.4 is 5.56 Å². The number of nitrogens with zero attached hydrogens (tertiary/aromatic N) is 1. The molecule has 0 atom stereocenters. The first kappa shape index (κ1) is 11.9. The molecule has 2 rings (SSSR count). The Kier molecular flexibility index (Phi) is 3.61. The summed E-state index contributed by atoms with van der Waals surface area (Å²) < 4.78 is 6.29. The largest absolute Gasteiger partial charge is 0.465 e. The van der Waals surface area contributed by atoms with Gasteiger partial charge in [-0.05, 0) is 25.0 Å². The smallest absolute Gasteiger partial charge is 0.343 e. The molecule has 1 aliphatic carbocycles. The lowest BCUT2D eigenvalue weighted by molar-refractivity contribution is 0.0597. The number of carbonyl (C=O) groups excluding carboxylic acids is 1. The van der Waals surface area contributed by atoms with Crippen molar-refractivity contribution in [3.8, 4) is 0 Å². The molecule has 1 fully saturated rings. The summed E-state index contributed by atoms with van der Waals surface area (Å²) in [7, 11) is 1.29. The third-order valence-corrected chi connectivity index (χ3v) is 3.35. The maximum atomic E-state index is 12.1. The van der Waals surface area contributed by atoms with Crippen molar-refractivity contribution in [2.45, 2.75) is 38.1 Å². The SMILES string of the molecule is COC(=O)c1cccn(C2CCCCC2)c1=O. The van der Waals surface area contributed by atoms with E-state index in [1.54, 1.807) is 16.8 Å². The van der Waals surface area contributed by atoms with Gasteiger partial charge in [-0.2, -0.15) is 0 Å². The molecule has 1 saturated carbocycles. The lowest BCUT2D eigenvalue weighted by Gasteiger charge is -2.24. The maximum absolute atomic E-state index is 12.1. The summed E-state index contributed by atoms with van der Waals surface area (Å²) in [6.07, 6.45) is 7.35. The van der Waals surface area contributed by atoms with E-state index in [-0.39, 0.29) is 17.2 Å². The number of esters is 1. The van der Waals surface area contributed by atoms with Gasteiger partial charge in [0, 0.05) is 12.2 Å². The van der Waals surface area contributed by atoms with Crippen molar-refractivity contribution < 1.29 is 9.53 Å². The monoisotopic (exact) mass is 235 g/mol. The summed E-state index contributed by atoms with van der Waals surface area (Å²) in [5.41, 5.74) is -0.105. The van der Waals surface area contributed by atoms with Gasteiger partial charge in [0.2, 0.25) is 0 Å². The molecule has 4 heteroatoms. The maximum Gasteiger partial charge on any atom is 0.343 e. The average molecular weight is 235 g/mol. The van der Waals surface area contributed by atoms with Crippen LogP contribution in [-0.2, 0) is 4.74 Å². The van der Waals surface area contributed by atoms with Crippen LogP contribution in [0.4, 0.5) is 0 Å². The quantitative estimate of drug-likeness (QED) is 0.738. The second-order valence-corrected chi connectivity index (χ2v) is 4.42. The zero-order valence-corrected chi connectivity index (χ0v) is 10.0. The van der Waals surface area contributed by atoms with E-state index in [9.17, 15) is 9.59 Å². The molecule has 0 unspecified atom stereocenters. The molecule has 0 spiro atoms. The minimum Gasteiger partial charge on any atom is -0.465 e. The molecular weight excluding hydrogens is 218 g/mol. The van der Waals surface area contributed by atoms with Crippen molar-refractivity contribution >= 4 is 5.97 Å². The van der Waals surface area contributed by atoms with Gasteiger partial charge in [-0.25, -0.2) is 4.79 Å². The van der Waals surface area contributed by atoms with E-state index in [0.29, 0.717) is 0 Å². The fraction of sp³-hybridized carbons (Fsp3) is 0.538. The molecule has 0 aromatic carbocycles. The molecule has 0 aliphatic heterocycles. The number of ether oxygens (including phenoxy) is 1. The Morgan fingerprint density at radius 3 is 2.71 bits per heavy atom. The van der Waals surface area contributed by atoms with Crippen LogP contribution in [0.15, 0.2) is 23.1 Å². The van der Waals surface area contributed by atoms with E-state index in [1.807, 2.05) is 0 Å². The Hall–Kier alpha value is -1.58. The Labute approximate surface area is 100 Å². The zero-order chi connectivity index (χ0) is 12.3. The number of hydrogen-bond donors (Lipinski definition) is 0. The fourth-order valence-electron chi connectivity index (χ4n) is 2.42. The Morgan fingerprint density at radius 1 is 1.35 bits per heavy atom.